The van der Waals surface area contributed by atoms with Gasteiger partial charge in [0.2, 0.25) is 0 Å². The third-order valence-corrected chi connectivity index (χ3v) is 5.28. The second-order valence-electron chi connectivity index (χ2n) is 4.95. The first-order chi connectivity index (χ1) is 9.11. The fourth-order valence-corrected chi connectivity index (χ4v) is 3.89. The number of hydrogen-bond acceptors (Lipinski definition) is 4. The number of nitrogens with zero attached hydrogens (tertiary/aromatic N) is 1. The molecule has 1 saturated carbocycles. The third-order valence-electron chi connectivity index (χ3n) is 3.41. The van der Waals surface area contributed by atoms with E-state index in [4.69, 9.17) is 0 Å². The molecule has 5 heteroatoms. The predicted octanol–water partition coefficient (Wildman–Crippen LogP) is 4.04. The van der Waals surface area contributed by atoms with Crippen molar-refractivity contribution in [2.75, 3.05) is 0 Å². The van der Waals surface area contributed by atoms with Gasteiger partial charge < -0.3 is 0 Å². The molecule has 1 aliphatic rings. The van der Waals surface area contributed by atoms with Gasteiger partial charge in [0.05, 0.1) is 17.0 Å². The van der Waals surface area contributed by atoms with Crippen molar-refractivity contribution in [3.8, 4) is 10.6 Å². The largest absolute Gasteiger partial charge is 0.299 e. The van der Waals surface area contributed by atoms with Crippen LogP contribution in [0.4, 0.5) is 4.39 Å². The summed E-state index contributed by atoms with van der Waals surface area (Å²) in [6, 6.07) is 4.13. The molecule has 0 aliphatic heterocycles. The topological polar surface area (TPSA) is 30.0 Å². The molecule has 0 aromatic carbocycles. The molecule has 0 amide bonds. The Morgan fingerprint density at radius 3 is 2.89 bits per heavy atom. The van der Waals surface area contributed by atoms with Gasteiger partial charge in [-0.2, -0.15) is 0 Å². The predicted molar refractivity (Wildman–Crippen MR) is 76.5 cm³/mol. The Labute approximate surface area is 119 Å². The summed E-state index contributed by atoms with van der Waals surface area (Å²) in [4.78, 5) is 18.8. The van der Waals surface area contributed by atoms with Crippen molar-refractivity contribution in [3.63, 3.8) is 0 Å². The first-order valence-corrected chi connectivity index (χ1v) is 7.99. The van der Waals surface area contributed by atoms with Crippen LogP contribution in [0.25, 0.3) is 10.6 Å². The lowest BCUT2D eigenvalue weighted by atomic mass is 9.79. The maximum absolute atomic E-state index is 12.7. The summed E-state index contributed by atoms with van der Waals surface area (Å²) in [6.07, 6.45) is 0.393. The summed E-state index contributed by atoms with van der Waals surface area (Å²) in [7, 11) is 0. The Morgan fingerprint density at radius 1 is 1.47 bits per heavy atom. The lowest BCUT2D eigenvalue weighted by molar-refractivity contribution is -0.126. The van der Waals surface area contributed by atoms with Gasteiger partial charge in [-0.3, -0.25) is 4.79 Å². The van der Waals surface area contributed by atoms with E-state index in [0.29, 0.717) is 19.3 Å². The van der Waals surface area contributed by atoms with E-state index in [1.54, 1.807) is 11.3 Å². The fourth-order valence-electron chi connectivity index (χ4n) is 2.18. The molecule has 0 radical (unpaired) electrons. The highest BCUT2D eigenvalue weighted by molar-refractivity contribution is 7.16. The summed E-state index contributed by atoms with van der Waals surface area (Å²) >= 11 is 3.22. The Hall–Kier alpha value is -1.07. The Balaban J connectivity index is 1.66. The van der Waals surface area contributed by atoms with Gasteiger partial charge in [-0.1, -0.05) is 0 Å². The molecule has 100 valence electrons. The SMILES string of the molecule is Cc1ccc(-c2csc(CC(=O)C3CC(F)C3)n2)s1. The summed E-state index contributed by atoms with van der Waals surface area (Å²) in [5.74, 6) is 0.0588. The smallest absolute Gasteiger partial charge is 0.142 e. The van der Waals surface area contributed by atoms with Gasteiger partial charge in [-0.25, -0.2) is 9.37 Å². The number of carbonyl (C=O) groups is 1. The third kappa shape index (κ3) is 2.77. The van der Waals surface area contributed by atoms with Gasteiger partial charge in [-0.15, -0.1) is 22.7 Å². The van der Waals surface area contributed by atoms with E-state index in [0.717, 1.165) is 15.6 Å². The van der Waals surface area contributed by atoms with Crippen molar-refractivity contribution >= 4 is 28.5 Å². The number of halogens is 1. The minimum atomic E-state index is -0.769. The number of Topliss-reactive ketones (excluding diaryl/α,β-unsaturated/α-hetero) is 1. The first-order valence-electron chi connectivity index (χ1n) is 6.30. The summed E-state index contributed by atoms with van der Waals surface area (Å²) in [6.45, 7) is 2.06. The normalized spacial score (nSPS) is 22.2. The van der Waals surface area contributed by atoms with Gasteiger partial charge in [0.15, 0.2) is 0 Å². The number of aryl methyl sites for hydroxylation is 1. The highest BCUT2D eigenvalue weighted by Crippen LogP contribution is 2.33. The van der Waals surface area contributed by atoms with Gasteiger partial charge in [-0.05, 0) is 31.9 Å². The number of alkyl halides is 1. The van der Waals surface area contributed by atoms with Crippen LogP contribution in [-0.4, -0.2) is 16.9 Å². The van der Waals surface area contributed by atoms with Crippen LogP contribution in [-0.2, 0) is 11.2 Å². The number of carbonyl (C=O) groups excluding carboxylic acids is 1. The van der Waals surface area contributed by atoms with Crippen molar-refractivity contribution in [3.05, 3.63) is 27.4 Å². The van der Waals surface area contributed by atoms with Crippen LogP contribution in [0.1, 0.15) is 22.7 Å². The molecule has 0 atom stereocenters. The molecule has 2 heterocycles. The molecule has 2 aromatic heterocycles. The highest BCUT2D eigenvalue weighted by atomic mass is 32.1. The number of aromatic nitrogens is 1. The van der Waals surface area contributed by atoms with E-state index >= 15 is 0 Å². The molecule has 0 saturated heterocycles. The standard InChI is InChI=1S/C14H14FNOS2/c1-8-2-3-13(19-8)11-7-18-14(16-11)6-12(17)9-4-10(15)5-9/h2-3,7,9-10H,4-6H2,1H3. The van der Waals surface area contributed by atoms with Crippen LogP contribution in [0.15, 0.2) is 17.5 Å². The zero-order valence-corrected chi connectivity index (χ0v) is 12.2. The monoisotopic (exact) mass is 295 g/mol. The molecule has 1 aliphatic carbocycles. The molecule has 0 bridgehead atoms. The van der Waals surface area contributed by atoms with Crippen LogP contribution in [0.2, 0.25) is 0 Å². The molecular formula is C14H14FNOS2. The number of thiophene rings is 1. The number of rotatable bonds is 4. The maximum atomic E-state index is 12.7. The Morgan fingerprint density at radius 2 is 2.26 bits per heavy atom. The van der Waals surface area contributed by atoms with Crippen LogP contribution in [0.5, 0.6) is 0 Å². The number of hydrogen-bond donors (Lipinski definition) is 0. The van der Waals surface area contributed by atoms with Crippen molar-refractivity contribution in [1.82, 2.24) is 4.98 Å². The fraction of sp³-hybridized carbons (Fsp3) is 0.429. The summed E-state index contributed by atoms with van der Waals surface area (Å²) in [5.41, 5.74) is 0.947. The van der Waals surface area contributed by atoms with E-state index < -0.39 is 6.17 Å². The van der Waals surface area contributed by atoms with E-state index in [1.165, 1.54) is 16.2 Å². The zero-order chi connectivity index (χ0) is 13.4. The summed E-state index contributed by atoms with van der Waals surface area (Å²) < 4.78 is 12.7. The van der Waals surface area contributed by atoms with Gasteiger partial charge >= 0.3 is 0 Å². The van der Waals surface area contributed by atoms with Crippen LogP contribution >= 0.6 is 22.7 Å². The molecule has 2 aromatic rings. The second-order valence-corrected chi connectivity index (χ2v) is 7.18. The van der Waals surface area contributed by atoms with E-state index in [9.17, 15) is 9.18 Å². The molecular weight excluding hydrogens is 281 g/mol. The minimum absolute atomic E-state index is 0.0775. The zero-order valence-electron chi connectivity index (χ0n) is 10.6. The quantitative estimate of drug-likeness (QED) is 0.852. The van der Waals surface area contributed by atoms with Crippen molar-refractivity contribution in [2.24, 2.45) is 5.92 Å². The van der Waals surface area contributed by atoms with Crippen molar-refractivity contribution in [2.45, 2.75) is 32.4 Å². The summed E-state index contributed by atoms with van der Waals surface area (Å²) in [5, 5.41) is 2.83. The molecule has 0 N–H and O–H groups in total. The molecule has 0 unspecified atom stereocenters. The lowest BCUT2D eigenvalue weighted by Crippen LogP contribution is -2.32. The van der Waals surface area contributed by atoms with E-state index in [-0.39, 0.29) is 11.7 Å². The first kappa shape index (κ1) is 12.9. The van der Waals surface area contributed by atoms with Gasteiger partial charge in [0, 0.05) is 16.2 Å². The Kier molecular flexibility index (Phi) is 3.50. The molecule has 3 rings (SSSR count). The van der Waals surface area contributed by atoms with Crippen molar-refractivity contribution < 1.29 is 9.18 Å². The average molecular weight is 295 g/mol. The molecule has 2 nitrogen and oxygen atoms in total. The van der Waals surface area contributed by atoms with Crippen LogP contribution < -0.4 is 0 Å². The second kappa shape index (κ2) is 5.13. The minimum Gasteiger partial charge on any atom is -0.299 e. The van der Waals surface area contributed by atoms with Gasteiger partial charge in [0.25, 0.3) is 0 Å². The number of thiazole rings is 1. The highest BCUT2D eigenvalue weighted by Gasteiger charge is 2.34. The molecule has 0 spiro atoms. The number of ketones is 1. The van der Waals surface area contributed by atoms with Gasteiger partial charge in [0.1, 0.15) is 17.0 Å². The van der Waals surface area contributed by atoms with Crippen LogP contribution in [0, 0.1) is 12.8 Å². The van der Waals surface area contributed by atoms with E-state index in [1.807, 2.05) is 5.38 Å². The average Bonchev–Trinajstić information content (AvgIpc) is 2.93. The molecule has 19 heavy (non-hydrogen) atoms. The Bertz CT molecular complexity index is 598. The van der Waals surface area contributed by atoms with Crippen LogP contribution in [0.3, 0.4) is 0 Å². The maximum Gasteiger partial charge on any atom is 0.142 e. The van der Waals surface area contributed by atoms with E-state index in [2.05, 4.69) is 24.0 Å². The molecule has 1 fully saturated rings. The van der Waals surface area contributed by atoms with Crippen molar-refractivity contribution in [1.29, 1.82) is 0 Å². The lowest BCUT2D eigenvalue weighted by Gasteiger charge is -2.27.